The average molecular weight is 784 g/mol. The normalized spacial score (nSPS) is 23.0. The lowest BCUT2D eigenvalue weighted by Gasteiger charge is -2.38. The van der Waals surface area contributed by atoms with Gasteiger partial charge < -0.3 is 39.7 Å². The maximum atomic E-state index is 13.9. The highest BCUT2D eigenvalue weighted by Crippen LogP contribution is 2.37. The maximum Gasteiger partial charge on any atom is 0.254 e. The van der Waals surface area contributed by atoms with Gasteiger partial charge in [0.2, 0.25) is 0 Å². The number of aromatic nitrogens is 3. The third kappa shape index (κ3) is 7.64. The van der Waals surface area contributed by atoms with E-state index >= 15 is 0 Å². The number of carbonyl (C=O) groups excluding carboxylic acids is 1. The van der Waals surface area contributed by atoms with Crippen molar-refractivity contribution < 1.29 is 17.4 Å². The molecule has 12 nitrogen and oxygen atoms in total. The van der Waals surface area contributed by atoms with Crippen molar-refractivity contribution in [3.8, 4) is 17.0 Å². The van der Waals surface area contributed by atoms with Crippen LogP contribution in [0.5, 0.6) is 5.75 Å². The standard InChI is InChI=1S/C46H55N9O3/c1-31-25-34(44-29-53(23-24-58-44)42-27-39(49-50-45(42)47)37-7-3-4-10-43(37)56)11-12-36(31)46(57)52-21-13-33(14-22-52)28-51-19-15-35(16-20-51)55-32(2)26-38-40(8-5-9-41(38)55)54-18-6-17-48-30-54/h3-12,18,25-27,33,35,44,48,56H,13-17,19-24,28-30H2,1-2H3,(H2,47,50)/i17D,30D/t17?,30-,44?/m0/s1. The molecule has 6 heterocycles. The molecule has 4 N–H and O–H groups in total. The number of morpholine rings is 1. The minimum Gasteiger partial charge on any atom is -0.507 e. The molecule has 4 aliphatic rings. The fourth-order valence-electron chi connectivity index (χ4n) is 9.46. The minimum atomic E-state index is -0.696. The second-order valence-electron chi connectivity index (χ2n) is 16.2. The van der Waals surface area contributed by atoms with Gasteiger partial charge in [0.05, 0.1) is 37.2 Å². The Morgan fingerprint density at radius 1 is 0.948 bits per heavy atom. The molecule has 3 fully saturated rings. The molecule has 5 aromatic rings. The molecule has 0 saturated carbocycles. The van der Waals surface area contributed by atoms with E-state index in [0.29, 0.717) is 48.7 Å². The van der Waals surface area contributed by atoms with Crippen molar-refractivity contribution in [1.29, 1.82) is 0 Å². The van der Waals surface area contributed by atoms with E-state index in [1.807, 2.05) is 53.3 Å². The van der Waals surface area contributed by atoms with Crippen LogP contribution in [0.25, 0.3) is 22.2 Å². The summed E-state index contributed by atoms with van der Waals surface area (Å²) in [6.07, 6.45) is 7.64. The van der Waals surface area contributed by atoms with Crippen LogP contribution in [0.3, 0.4) is 0 Å². The third-order valence-corrected chi connectivity index (χ3v) is 12.6. The van der Waals surface area contributed by atoms with Gasteiger partial charge in [-0.2, -0.15) is 0 Å². The summed E-state index contributed by atoms with van der Waals surface area (Å²) in [6.45, 7) is 9.39. The highest BCUT2D eigenvalue weighted by atomic mass is 16.5. The zero-order valence-corrected chi connectivity index (χ0v) is 33.4. The van der Waals surface area contributed by atoms with Crippen molar-refractivity contribution >= 4 is 34.0 Å². The molecule has 4 aliphatic heterocycles. The summed E-state index contributed by atoms with van der Waals surface area (Å²) in [5, 5.41) is 23.0. The molecule has 0 aliphatic carbocycles. The van der Waals surface area contributed by atoms with Crippen molar-refractivity contribution in [3.63, 3.8) is 0 Å². The molecule has 2 unspecified atom stereocenters. The number of nitrogen functional groups attached to an aromatic ring is 1. The van der Waals surface area contributed by atoms with Crippen LogP contribution in [0.1, 0.15) is 67.7 Å². The highest BCUT2D eigenvalue weighted by molar-refractivity contribution is 5.96. The quantitative estimate of drug-likeness (QED) is 0.158. The highest BCUT2D eigenvalue weighted by Gasteiger charge is 2.30. The summed E-state index contributed by atoms with van der Waals surface area (Å²) in [7, 11) is 0. The van der Waals surface area contributed by atoms with Crippen LogP contribution in [0, 0.1) is 19.8 Å². The van der Waals surface area contributed by atoms with E-state index in [1.54, 1.807) is 18.2 Å². The van der Waals surface area contributed by atoms with Gasteiger partial charge in [-0.1, -0.05) is 36.4 Å². The number of hydrogen-bond donors (Lipinski definition) is 3. The number of para-hydroxylation sites is 1. The molecule has 1 amide bonds. The Hall–Kier alpha value is -5.43. The number of anilines is 3. The SMILES string of the molecule is [2H]C1C=CN(c2cccc3c2cc(C)n3C2CCN(CC3CCN(C(=O)c4ccc(C5CN(c6cc(-c7ccccc7O)nnc6N)CCO5)cc4C)CC3)CC2)[C@@H]([2H])N1. The third-order valence-electron chi connectivity index (χ3n) is 12.6. The van der Waals surface area contributed by atoms with Gasteiger partial charge >= 0.3 is 0 Å². The number of ether oxygens (including phenoxy) is 1. The lowest BCUT2D eigenvalue weighted by atomic mass is 9.93. The summed E-state index contributed by atoms with van der Waals surface area (Å²) in [4.78, 5) is 22.6. The van der Waals surface area contributed by atoms with E-state index in [1.165, 1.54) is 11.2 Å². The summed E-state index contributed by atoms with van der Waals surface area (Å²) in [6, 6.07) is 24.0. The number of piperidine rings is 2. The number of benzene rings is 3. The Morgan fingerprint density at radius 2 is 1.78 bits per heavy atom. The molecule has 0 radical (unpaired) electrons. The van der Waals surface area contributed by atoms with Crippen LogP contribution in [-0.4, -0.2) is 101 Å². The number of carbonyl (C=O) groups is 1. The second kappa shape index (κ2) is 16.4. The zero-order valence-electron chi connectivity index (χ0n) is 35.4. The van der Waals surface area contributed by atoms with Crippen molar-refractivity contribution in [2.24, 2.45) is 5.92 Å². The monoisotopic (exact) mass is 783 g/mol. The van der Waals surface area contributed by atoms with Crippen LogP contribution in [0.2, 0.25) is 0 Å². The first-order chi connectivity index (χ1) is 29.1. The van der Waals surface area contributed by atoms with Crippen molar-refractivity contribution in [2.45, 2.75) is 51.7 Å². The average Bonchev–Trinajstić information content (AvgIpc) is 3.60. The first-order valence-electron chi connectivity index (χ1n) is 21.8. The Labute approximate surface area is 343 Å². The smallest absolute Gasteiger partial charge is 0.254 e. The van der Waals surface area contributed by atoms with Crippen LogP contribution < -0.4 is 20.9 Å². The summed E-state index contributed by atoms with van der Waals surface area (Å²) >= 11 is 0. The van der Waals surface area contributed by atoms with Crippen LogP contribution in [0.15, 0.2) is 85.1 Å². The largest absolute Gasteiger partial charge is 0.507 e. The number of fused-ring (bicyclic) bond motifs is 1. The molecule has 3 aromatic carbocycles. The first-order valence-corrected chi connectivity index (χ1v) is 20.7. The Balaban J connectivity index is 0.778. The van der Waals surface area contributed by atoms with Gasteiger partial charge in [0.25, 0.3) is 5.91 Å². The zero-order chi connectivity index (χ0) is 41.5. The first kappa shape index (κ1) is 35.7. The predicted molar refractivity (Wildman–Crippen MR) is 230 cm³/mol. The van der Waals surface area contributed by atoms with E-state index in [4.69, 9.17) is 13.2 Å². The lowest BCUT2D eigenvalue weighted by molar-refractivity contribution is 0.0397. The number of aryl methyl sites for hydroxylation is 2. The number of nitrogens with two attached hydrogens (primary N) is 1. The fourth-order valence-corrected chi connectivity index (χ4v) is 9.46. The van der Waals surface area contributed by atoms with Crippen LogP contribution in [-0.2, 0) is 4.74 Å². The number of phenolic OH excluding ortho intramolecular Hbond substituents is 1. The van der Waals surface area contributed by atoms with Crippen LogP contribution in [0.4, 0.5) is 17.2 Å². The number of aromatic hydroxyl groups is 1. The number of amides is 1. The van der Waals surface area contributed by atoms with E-state index in [-0.39, 0.29) is 17.8 Å². The van der Waals surface area contributed by atoms with E-state index in [0.717, 1.165) is 91.9 Å². The number of likely N-dealkylation sites (tertiary alicyclic amines) is 2. The van der Waals surface area contributed by atoms with E-state index in [2.05, 4.69) is 67.1 Å². The summed E-state index contributed by atoms with van der Waals surface area (Å²) in [5.74, 6) is 1.13. The van der Waals surface area contributed by atoms with E-state index < -0.39 is 13.2 Å². The predicted octanol–water partition coefficient (Wildman–Crippen LogP) is 6.65. The Morgan fingerprint density at radius 3 is 2.57 bits per heavy atom. The molecule has 2 aromatic heterocycles. The Kier molecular flexibility index (Phi) is 10.1. The molecular formula is C46H55N9O3. The molecule has 0 bridgehead atoms. The molecular weight excluding hydrogens is 727 g/mol. The van der Waals surface area contributed by atoms with Gasteiger partial charge in [0, 0.05) is 88.2 Å². The molecule has 58 heavy (non-hydrogen) atoms. The van der Waals surface area contributed by atoms with Gasteiger partial charge in [-0.15, -0.1) is 10.2 Å². The van der Waals surface area contributed by atoms with Gasteiger partial charge in [0.1, 0.15) is 11.9 Å². The summed E-state index contributed by atoms with van der Waals surface area (Å²) < 4.78 is 25.2. The van der Waals surface area contributed by atoms with Crippen molar-refractivity contribution in [1.82, 2.24) is 29.9 Å². The maximum absolute atomic E-state index is 13.9. The van der Waals surface area contributed by atoms with Crippen molar-refractivity contribution in [3.05, 3.63) is 107 Å². The number of hydrogen-bond acceptors (Lipinski definition) is 10. The number of phenols is 1. The second-order valence-corrected chi connectivity index (χ2v) is 16.2. The lowest BCUT2D eigenvalue weighted by Crippen LogP contribution is -2.43. The number of nitrogens with zero attached hydrogens (tertiary/aromatic N) is 7. The molecule has 302 valence electrons. The molecule has 3 saturated heterocycles. The van der Waals surface area contributed by atoms with E-state index in [9.17, 15) is 9.90 Å². The van der Waals surface area contributed by atoms with Gasteiger partial charge in [0.15, 0.2) is 5.82 Å². The Bertz CT molecular complexity index is 2390. The minimum absolute atomic E-state index is 0.0979. The number of nitrogens with one attached hydrogen (secondary N) is 1. The topological polar surface area (TPSA) is 128 Å². The molecule has 3 atom stereocenters. The molecule has 0 spiro atoms. The molecule has 9 rings (SSSR count). The molecule has 12 heteroatoms. The van der Waals surface area contributed by atoms with Crippen LogP contribution >= 0.6 is 0 Å². The fraction of sp³-hybridized carbons (Fsp3) is 0.413. The summed E-state index contributed by atoms with van der Waals surface area (Å²) in [5.41, 5.74) is 14.4. The van der Waals surface area contributed by atoms with Crippen molar-refractivity contribution in [2.75, 3.05) is 81.1 Å². The van der Waals surface area contributed by atoms with Gasteiger partial charge in [-0.05, 0) is 99.0 Å². The van der Waals surface area contributed by atoms with Gasteiger partial charge in [-0.25, -0.2) is 0 Å². The number of rotatable bonds is 8. The van der Waals surface area contributed by atoms with Gasteiger partial charge in [-0.3, -0.25) is 10.1 Å².